The van der Waals surface area contributed by atoms with E-state index in [1.54, 1.807) is 0 Å². The van der Waals surface area contributed by atoms with E-state index in [4.69, 9.17) is 5.73 Å². The van der Waals surface area contributed by atoms with Gasteiger partial charge < -0.3 is 15.5 Å². The summed E-state index contributed by atoms with van der Waals surface area (Å²) in [6.07, 6.45) is 5.01. The van der Waals surface area contributed by atoms with Gasteiger partial charge in [-0.25, -0.2) is 4.98 Å². The highest BCUT2D eigenvalue weighted by molar-refractivity contribution is 5.45. The van der Waals surface area contributed by atoms with E-state index in [1.807, 2.05) is 6.92 Å². The fourth-order valence-corrected chi connectivity index (χ4v) is 4.63. The van der Waals surface area contributed by atoms with Crippen LogP contribution in [-0.2, 0) is 6.42 Å². The van der Waals surface area contributed by atoms with Gasteiger partial charge >= 0.3 is 0 Å². The standard InChI is InChI=1S/C21H29N5/c1-17-14-19(24-20(22)23-17)26-13-10-21(16-26)9-5-11-25(15-21)12-8-18-6-3-2-4-7-18/h2-4,6-7,14H,5,8-13,15-16H2,1H3,(H2,22,23,24)/t21-/m0/s1. The maximum Gasteiger partial charge on any atom is 0.222 e. The van der Waals surface area contributed by atoms with Gasteiger partial charge in [0, 0.05) is 43.4 Å². The Balaban J connectivity index is 1.39. The molecule has 0 amide bonds. The molecule has 5 nitrogen and oxygen atoms in total. The normalized spacial score (nSPS) is 23.7. The lowest BCUT2D eigenvalue weighted by molar-refractivity contribution is 0.106. The zero-order valence-corrected chi connectivity index (χ0v) is 15.7. The molecule has 2 fully saturated rings. The largest absolute Gasteiger partial charge is 0.368 e. The SMILES string of the molecule is Cc1cc(N2CC[C@]3(CCCN(CCc4ccccc4)C3)C2)nc(N)n1. The van der Waals surface area contributed by atoms with Crippen LogP contribution < -0.4 is 10.6 Å². The Morgan fingerprint density at radius 2 is 1.92 bits per heavy atom. The summed E-state index contributed by atoms with van der Waals surface area (Å²) in [7, 11) is 0. The predicted octanol–water partition coefficient (Wildman–Crippen LogP) is 2.90. The summed E-state index contributed by atoms with van der Waals surface area (Å²) in [4.78, 5) is 13.7. The Morgan fingerprint density at radius 3 is 2.73 bits per heavy atom. The molecule has 2 N–H and O–H groups in total. The van der Waals surface area contributed by atoms with Crippen LogP contribution in [0.25, 0.3) is 0 Å². The lowest BCUT2D eigenvalue weighted by Gasteiger charge is -2.40. The van der Waals surface area contributed by atoms with Crippen LogP contribution in [0.2, 0.25) is 0 Å². The second-order valence-electron chi connectivity index (χ2n) is 8.01. The Kier molecular flexibility index (Phi) is 4.81. The Bertz CT molecular complexity index is 727. The van der Waals surface area contributed by atoms with Crippen molar-refractivity contribution in [3.8, 4) is 0 Å². The second-order valence-corrected chi connectivity index (χ2v) is 8.01. The average Bonchev–Trinajstić information content (AvgIpc) is 3.03. The third-order valence-corrected chi connectivity index (χ3v) is 5.92. The van der Waals surface area contributed by atoms with Crippen molar-refractivity contribution in [2.75, 3.05) is 43.4 Å². The van der Waals surface area contributed by atoms with E-state index in [1.165, 1.54) is 37.9 Å². The molecule has 0 aliphatic carbocycles. The number of piperidine rings is 1. The minimum Gasteiger partial charge on any atom is -0.368 e. The molecule has 4 rings (SSSR count). The molecular formula is C21H29N5. The average molecular weight is 351 g/mol. The van der Waals surface area contributed by atoms with Crippen LogP contribution in [0.3, 0.4) is 0 Å². The van der Waals surface area contributed by atoms with Crippen molar-refractivity contribution in [1.82, 2.24) is 14.9 Å². The van der Waals surface area contributed by atoms with E-state index in [2.05, 4.69) is 56.2 Å². The molecule has 2 aromatic rings. The summed E-state index contributed by atoms with van der Waals surface area (Å²) in [5.74, 6) is 1.38. The third kappa shape index (κ3) is 3.83. The molecule has 1 aromatic carbocycles. The van der Waals surface area contributed by atoms with Gasteiger partial charge in [-0.05, 0) is 44.7 Å². The summed E-state index contributed by atoms with van der Waals surface area (Å²) >= 11 is 0. The number of aromatic nitrogens is 2. The fraction of sp³-hybridized carbons (Fsp3) is 0.524. The van der Waals surface area contributed by atoms with Gasteiger partial charge in [-0.15, -0.1) is 0 Å². The number of aryl methyl sites for hydroxylation is 1. The summed E-state index contributed by atoms with van der Waals surface area (Å²) in [6.45, 7) is 7.74. The molecule has 1 aromatic heterocycles. The molecule has 26 heavy (non-hydrogen) atoms. The number of hydrogen-bond donors (Lipinski definition) is 1. The van der Waals surface area contributed by atoms with E-state index in [0.717, 1.165) is 37.6 Å². The van der Waals surface area contributed by atoms with Gasteiger partial charge in [0.2, 0.25) is 5.95 Å². The van der Waals surface area contributed by atoms with E-state index < -0.39 is 0 Å². The Morgan fingerprint density at radius 1 is 1.08 bits per heavy atom. The molecule has 138 valence electrons. The number of benzene rings is 1. The van der Waals surface area contributed by atoms with Crippen molar-refractivity contribution < 1.29 is 0 Å². The number of nitrogen functional groups attached to an aromatic ring is 1. The van der Waals surface area contributed by atoms with Gasteiger partial charge in [0.1, 0.15) is 5.82 Å². The smallest absolute Gasteiger partial charge is 0.222 e. The number of anilines is 2. The Hall–Kier alpha value is -2.14. The molecular weight excluding hydrogens is 322 g/mol. The van der Waals surface area contributed by atoms with Crippen LogP contribution in [0, 0.1) is 12.3 Å². The van der Waals surface area contributed by atoms with Crippen molar-refractivity contribution in [1.29, 1.82) is 0 Å². The molecule has 0 bridgehead atoms. The second kappa shape index (κ2) is 7.23. The minimum absolute atomic E-state index is 0.383. The first kappa shape index (κ1) is 17.3. The minimum atomic E-state index is 0.383. The lowest BCUT2D eigenvalue weighted by atomic mass is 9.79. The number of nitrogens with two attached hydrogens (primary N) is 1. The van der Waals surface area contributed by atoms with Crippen LogP contribution in [-0.4, -0.2) is 47.6 Å². The van der Waals surface area contributed by atoms with Crippen LogP contribution in [0.15, 0.2) is 36.4 Å². The van der Waals surface area contributed by atoms with Crippen LogP contribution >= 0.6 is 0 Å². The van der Waals surface area contributed by atoms with Crippen molar-refractivity contribution in [2.45, 2.75) is 32.6 Å². The monoisotopic (exact) mass is 351 g/mol. The lowest BCUT2D eigenvalue weighted by Crippen LogP contribution is -2.45. The summed E-state index contributed by atoms with van der Waals surface area (Å²) in [5, 5.41) is 0. The molecule has 5 heteroatoms. The maximum atomic E-state index is 5.86. The predicted molar refractivity (Wildman–Crippen MR) is 106 cm³/mol. The van der Waals surface area contributed by atoms with E-state index in [-0.39, 0.29) is 0 Å². The molecule has 2 aliphatic heterocycles. The zero-order valence-electron chi connectivity index (χ0n) is 15.7. The Labute approximate surface area is 156 Å². The number of rotatable bonds is 4. The van der Waals surface area contributed by atoms with Gasteiger partial charge in [0.15, 0.2) is 0 Å². The maximum absolute atomic E-state index is 5.86. The van der Waals surface area contributed by atoms with Gasteiger partial charge in [-0.3, -0.25) is 0 Å². The van der Waals surface area contributed by atoms with Crippen LogP contribution in [0.4, 0.5) is 11.8 Å². The topological polar surface area (TPSA) is 58.3 Å². The van der Waals surface area contributed by atoms with Gasteiger partial charge in [0.25, 0.3) is 0 Å². The third-order valence-electron chi connectivity index (χ3n) is 5.92. The first-order valence-corrected chi connectivity index (χ1v) is 9.74. The van der Waals surface area contributed by atoms with Crippen molar-refractivity contribution in [3.63, 3.8) is 0 Å². The fourth-order valence-electron chi connectivity index (χ4n) is 4.63. The number of nitrogens with zero attached hydrogens (tertiary/aromatic N) is 4. The first-order chi connectivity index (χ1) is 12.6. The highest BCUT2D eigenvalue weighted by atomic mass is 15.3. The number of likely N-dealkylation sites (tertiary alicyclic amines) is 1. The number of hydrogen-bond acceptors (Lipinski definition) is 5. The van der Waals surface area contributed by atoms with Crippen molar-refractivity contribution in [3.05, 3.63) is 47.7 Å². The highest BCUT2D eigenvalue weighted by Crippen LogP contribution is 2.40. The van der Waals surface area contributed by atoms with Crippen molar-refractivity contribution in [2.24, 2.45) is 5.41 Å². The molecule has 2 aliphatic rings. The van der Waals surface area contributed by atoms with Gasteiger partial charge in [0.05, 0.1) is 0 Å². The summed E-state index contributed by atoms with van der Waals surface area (Å²) < 4.78 is 0. The van der Waals surface area contributed by atoms with Crippen LogP contribution in [0.5, 0.6) is 0 Å². The van der Waals surface area contributed by atoms with E-state index >= 15 is 0 Å². The molecule has 0 unspecified atom stereocenters. The molecule has 3 heterocycles. The molecule has 1 atom stereocenters. The molecule has 0 saturated carbocycles. The zero-order chi connectivity index (χ0) is 18.0. The quantitative estimate of drug-likeness (QED) is 0.918. The summed E-state index contributed by atoms with van der Waals surface area (Å²) in [6, 6.07) is 12.9. The highest BCUT2D eigenvalue weighted by Gasteiger charge is 2.41. The van der Waals surface area contributed by atoms with E-state index in [9.17, 15) is 0 Å². The first-order valence-electron chi connectivity index (χ1n) is 9.74. The summed E-state index contributed by atoms with van der Waals surface area (Å²) in [5.41, 5.74) is 8.65. The molecule has 2 saturated heterocycles. The van der Waals surface area contributed by atoms with Crippen molar-refractivity contribution >= 4 is 11.8 Å². The molecule has 0 radical (unpaired) electrons. The van der Waals surface area contributed by atoms with E-state index in [0.29, 0.717) is 11.4 Å². The molecule has 1 spiro atoms. The van der Waals surface area contributed by atoms with Crippen LogP contribution in [0.1, 0.15) is 30.5 Å². The van der Waals surface area contributed by atoms with Gasteiger partial charge in [-0.1, -0.05) is 30.3 Å². The van der Waals surface area contributed by atoms with Gasteiger partial charge in [-0.2, -0.15) is 4.98 Å².